The molecule has 0 amide bonds. The van der Waals surface area contributed by atoms with Crippen LogP contribution in [-0.2, 0) is 13.6 Å². The van der Waals surface area contributed by atoms with Crippen molar-refractivity contribution in [1.29, 1.82) is 0 Å². The minimum atomic E-state index is 0.373. The van der Waals surface area contributed by atoms with Gasteiger partial charge in [-0.2, -0.15) is 0 Å². The van der Waals surface area contributed by atoms with Gasteiger partial charge in [-0.25, -0.2) is 4.98 Å². The molecule has 1 aromatic heterocycles. The minimum absolute atomic E-state index is 0.373. The Labute approximate surface area is 124 Å². The Bertz CT molecular complexity index is 393. The van der Waals surface area contributed by atoms with Crippen LogP contribution in [0.15, 0.2) is 6.20 Å². The lowest BCUT2D eigenvalue weighted by Crippen LogP contribution is -2.29. The van der Waals surface area contributed by atoms with Crippen LogP contribution in [0.3, 0.4) is 0 Å². The third-order valence-electron chi connectivity index (χ3n) is 3.83. The maximum absolute atomic E-state index is 4.44. The Balaban J connectivity index is 2.40. The molecule has 0 aliphatic rings. The first-order chi connectivity index (χ1) is 9.37. The number of hydrogen-bond donors (Lipinski definition) is 1. The van der Waals surface area contributed by atoms with Gasteiger partial charge in [-0.3, -0.25) is 0 Å². The Morgan fingerprint density at radius 3 is 2.55 bits per heavy atom. The lowest BCUT2D eigenvalue weighted by molar-refractivity contribution is 0.301. The van der Waals surface area contributed by atoms with Crippen LogP contribution in [0.1, 0.15) is 52.1 Å². The van der Waals surface area contributed by atoms with Crippen molar-refractivity contribution >= 4 is 5.95 Å². The summed E-state index contributed by atoms with van der Waals surface area (Å²) in [7, 11) is 6.12. The van der Waals surface area contributed by atoms with E-state index in [1.54, 1.807) is 0 Å². The zero-order chi connectivity index (χ0) is 15.2. The summed E-state index contributed by atoms with van der Waals surface area (Å²) >= 11 is 0. The molecule has 0 fully saturated rings. The highest BCUT2D eigenvalue weighted by molar-refractivity contribution is 5.30. The van der Waals surface area contributed by atoms with Crippen LogP contribution < -0.4 is 10.2 Å². The lowest BCUT2D eigenvalue weighted by atomic mass is 9.87. The molecule has 0 aromatic carbocycles. The van der Waals surface area contributed by atoms with Gasteiger partial charge in [0.25, 0.3) is 0 Å². The van der Waals surface area contributed by atoms with Crippen molar-refractivity contribution in [3.05, 3.63) is 11.9 Å². The molecular formula is C16H32N4. The van der Waals surface area contributed by atoms with E-state index >= 15 is 0 Å². The lowest BCUT2D eigenvalue weighted by Gasteiger charge is -2.25. The van der Waals surface area contributed by atoms with Crippen LogP contribution in [0.25, 0.3) is 0 Å². The number of unbranched alkanes of at least 4 members (excludes halogenated alkanes) is 2. The SMILES string of the molecule is CCCCCC(C)(C)CNCc1cnc(N(C)C)n1C. The maximum Gasteiger partial charge on any atom is 0.204 e. The van der Waals surface area contributed by atoms with E-state index in [0.717, 1.165) is 19.0 Å². The number of rotatable bonds is 9. The normalized spacial score (nSPS) is 11.9. The zero-order valence-corrected chi connectivity index (χ0v) is 14.2. The molecule has 116 valence electrons. The molecule has 0 saturated carbocycles. The van der Waals surface area contributed by atoms with Crippen LogP contribution in [0, 0.1) is 5.41 Å². The van der Waals surface area contributed by atoms with Crippen molar-refractivity contribution < 1.29 is 0 Å². The summed E-state index contributed by atoms with van der Waals surface area (Å²) in [6.07, 6.45) is 7.24. The number of aromatic nitrogens is 2. The van der Waals surface area contributed by atoms with E-state index in [1.807, 2.05) is 25.2 Å². The van der Waals surface area contributed by atoms with Crippen LogP contribution >= 0.6 is 0 Å². The summed E-state index contributed by atoms with van der Waals surface area (Å²) in [5, 5.41) is 3.58. The van der Waals surface area contributed by atoms with E-state index in [9.17, 15) is 0 Å². The Hall–Kier alpha value is -1.03. The molecule has 1 N–H and O–H groups in total. The molecule has 1 heterocycles. The molecule has 1 aromatic rings. The average molecular weight is 280 g/mol. The molecule has 0 radical (unpaired) electrons. The number of nitrogens with one attached hydrogen (secondary N) is 1. The van der Waals surface area contributed by atoms with Crippen molar-refractivity contribution in [2.45, 2.75) is 53.0 Å². The van der Waals surface area contributed by atoms with Crippen molar-refractivity contribution in [3.63, 3.8) is 0 Å². The van der Waals surface area contributed by atoms with Crippen LogP contribution in [0.4, 0.5) is 5.95 Å². The topological polar surface area (TPSA) is 33.1 Å². The smallest absolute Gasteiger partial charge is 0.204 e. The van der Waals surface area contributed by atoms with Gasteiger partial charge in [0.2, 0.25) is 5.95 Å². The van der Waals surface area contributed by atoms with E-state index in [2.05, 4.69) is 42.7 Å². The Morgan fingerprint density at radius 2 is 2.00 bits per heavy atom. The molecule has 0 aliphatic heterocycles. The summed E-state index contributed by atoms with van der Waals surface area (Å²) in [5.74, 6) is 1.00. The number of hydrogen-bond acceptors (Lipinski definition) is 3. The standard InChI is InChI=1S/C16H32N4/c1-7-8-9-10-16(2,3)13-17-11-14-12-18-15(19(4)5)20(14)6/h12,17H,7-11,13H2,1-6H3. The summed E-state index contributed by atoms with van der Waals surface area (Å²) < 4.78 is 2.15. The first-order valence-corrected chi connectivity index (χ1v) is 7.76. The summed E-state index contributed by atoms with van der Waals surface area (Å²) in [6.45, 7) is 8.90. The molecule has 0 bridgehead atoms. The van der Waals surface area contributed by atoms with Crippen LogP contribution in [0.5, 0.6) is 0 Å². The molecule has 4 heteroatoms. The fourth-order valence-corrected chi connectivity index (χ4v) is 2.48. The second-order valence-corrected chi connectivity index (χ2v) is 6.73. The molecule has 4 nitrogen and oxygen atoms in total. The van der Waals surface area contributed by atoms with E-state index in [1.165, 1.54) is 31.4 Å². The molecule has 20 heavy (non-hydrogen) atoms. The van der Waals surface area contributed by atoms with E-state index in [4.69, 9.17) is 0 Å². The number of nitrogens with zero attached hydrogens (tertiary/aromatic N) is 3. The highest BCUT2D eigenvalue weighted by Crippen LogP contribution is 2.22. The van der Waals surface area contributed by atoms with Gasteiger partial charge < -0.3 is 14.8 Å². The zero-order valence-electron chi connectivity index (χ0n) is 14.2. The average Bonchev–Trinajstić information content (AvgIpc) is 2.71. The van der Waals surface area contributed by atoms with Gasteiger partial charge in [0.15, 0.2) is 0 Å². The molecule has 1 rings (SSSR count). The highest BCUT2D eigenvalue weighted by Gasteiger charge is 2.17. The first kappa shape index (κ1) is 17.0. The predicted octanol–water partition coefficient (Wildman–Crippen LogP) is 3.18. The fraction of sp³-hybridized carbons (Fsp3) is 0.812. The van der Waals surface area contributed by atoms with Gasteiger partial charge in [-0.1, -0.05) is 40.0 Å². The quantitative estimate of drug-likeness (QED) is 0.705. The minimum Gasteiger partial charge on any atom is -0.348 e. The van der Waals surface area contributed by atoms with E-state index in [-0.39, 0.29) is 0 Å². The molecule has 0 spiro atoms. The second-order valence-electron chi connectivity index (χ2n) is 6.73. The third kappa shape index (κ3) is 5.16. The maximum atomic E-state index is 4.44. The van der Waals surface area contributed by atoms with Gasteiger partial charge in [-0.05, 0) is 11.8 Å². The predicted molar refractivity (Wildman–Crippen MR) is 87.2 cm³/mol. The molecular weight excluding hydrogens is 248 g/mol. The van der Waals surface area contributed by atoms with Gasteiger partial charge in [0.1, 0.15) is 0 Å². The molecule has 0 saturated heterocycles. The van der Waals surface area contributed by atoms with Gasteiger partial charge in [0, 0.05) is 34.2 Å². The second kappa shape index (κ2) is 7.67. The fourth-order valence-electron chi connectivity index (χ4n) is 2.48. The molecule has 0 unspecified atom stereocenters. The summed E-state index contributed by atoms with van der Waals surface area (Å²) in [4.78, 5) is 6.48. The van der Waals surface area contributed by atoms with Crippen molar-refractivity contribution in [2.75, 3.05) is 25.5 Å². The Kier molecular flexibility index (Phi) is 6.53. The van der Waals surface area contributed by atoms with Gasteiger partial charge >= 0.3 is 0 Å². The number of imidazole rings is 1. The van der Waals surface area contributed by atoms with Crippen molar-refractivity contribution in [2.24, 2.45) is 12.5 Å². The molecule has 0 aliphatic carbocycles. The third-order valence-corrected chi connectivity index (χ3v) is 3.83. The van der Waals surface area contributed by atoms with Gasteiger partial charge in [0.05, 0.1) is 11.9 Å². The highest BCUT2D eigenvalue weighted by atomic mass is 15.3. The Morgan fingerprint density at radius 1 is 1.30 bits per heavy atom. The summed E-state index contributed by atoms with van der Waals surface area (Å²) in [6, 6.07) is 0. The first-order valence-electron chi connectivity index (χ1n) is 7.76. The largest absolute Gasteiger partial charge is 0.348 e. The van der Waals surface area contributed by atoms with Crippen molar-refractivity contribution in [1.82, 2.24) is 14.9 Å². The van der Waals surface area contributed by atoms with Gasteiger partial charge in [-0.15, -0.1) is 0 Å². The number of anilines is 1. The summed E-state index contributed by atoms with van der Waals surface area (Å²) in [5.41, 5.74) is 1.61. The molecule has 0 atom stereocenters. The van der Waals surface area contributed by atoms with E-state index in [0.29, 0.717) is 5.41 Å². The van der Waals surface area contributed by atoms with Crippen LogP contribution in [-0.4, -0.2) is 30.2 Å². The van der Waals surface area contributed by atoms with Crippen molar-refractivity contribution in [3.8, 4) is 0 Å². The van der Waals surface area contributed by atoms with Crippen LogP contribution in [0.2, 0.25) is 0 Å². The van der Waals surface area contributed by atoms with E-state index < -0.39 is 0 Å². The monoisotopic (exact) mass is 280 g/mol.